The first-order valence-electron chi connectivity index (χ1n) is 31.0. The highest BCUT2D eigenvalue weighted by Gasteiger charge is 2.81. The Hall–Kier alpha value is -3.26. The molecule has 4 aliphatic carbocycles. The second-order valence-electron chi connectivity index (χ2n) is 26.3. The van der Waals surface area contributed by atoms with E-state index in [9.17, 15) is 30.0 Å². The van der Waals surface area contributed by atoms with Gasteiger partial charge in [-0.3, -0.25) is 0 Å². The molecular weight excluding hydrogens is 1100 g/mol. The minimum atomic E-state index is -1.99. The molecule has 0 radical (unpaired) electrons. The van der Waals surface area contributed by atoms with Crippen molar-refractivity contribution in [2.45, 2.75) is 273 Å². The quantitative estimate of drug-likeness (QED) is 0.0609. The van der Waals surface area contributed by atoms with Gasteiger partial charge in [-0.05, 0) is 109 Å². The van der Waals surface area contributed by atoms with Crippen molar-refractivity contribution in [2.75, 3.05) is 28.4 Å². The maximum Gasteiger partial charge on any atom is 0.331 e. The Morgan fingerprint density at radius 2 is 1.16 bits per heavy atom. The van der Waals surface area contributed by atoms with Crippen molar-refractivity contribution in [2.24, 2.45) is 22.7 Å². The molecule has 0 bridgehead atoms. The van der Waals surface area contributed by atoms with Gasteiger partial charge in [0.2, 0.25) is 0 Å². The van der Waals surface area contributed by atoms with Crippen molar-refractivity contribution in [1.29, 1.82) is 0 Å². The number of rotatable bonds is 19. The average Bonchev–Trinajstić information content (AvgIpc) is 1.61. The van der Waals surface area contributed by atoms with Crippen molar-refractivity contribution >= 4 is 18.0 Å². The number of allylic oxidation sites excluding steroid dienone is 1. The third kappa shape index (κ3) is 12.8. The summed E-state index contributed by atoms with van der Waals surface area (Å²) in [5, 5.41) is 50.3. The van der Waals surface area contributed by atoms with Crippen LogP contribution in [0.2, 0.25) is 0 Å². The van der Waals surface area contributed by atoms with Gasteiger partial charge in [-0.15, -0.1) is 0 Å². The molecule has 0 unspecified atom stereocenters. The number of aliphatic hydroxyl groups is 4. The van der Waals surface area contributed by atoms with Gasteiger partial charge >= 0.3 is 11.9 Å². The lowest BCUT2D eigenvalue weighted by Crippen LogP contribution is -2.78. The molecular formula is C65H98O20. The Bertz CT molecular complexity index is 2530. The molecule has 7 fully saturated rings. The first-order chi connectivity index (χ1) is 40.2. The molecule has 1 aromatic carbocycles. The summed E-state index contributed by atoms with van der Waals surface area (Å²) in [6, 6.07) is 9.34. The molecule has 8 aliphatic rings. The van der Waals surface area contributed by atoms with E-state index in [1.54, 1.807) is 55.3 Å². The van der Waals surface area contributed by atoms with E-state index >= 15 is 0 Å². The van der Waals surface area contributed by atoms with E-state index in [0.717, 1.165) is 16.7 Å². The lowest BCUT2D eigenvalue weighted by molar-refractivity contribution is -0.347. The van der Waals surface area contributed by atoms with Crippen LogP contribution >= 0.6 is 0 Å². The molecule has 4 saturated heterocycles. The molecule has 1 aromatic rings. The summed E-state index contributed by atoms with van der Waals surface area (Å²) in [6.45, 7) is 18.7. The first-order valence-corrected chi connectivity index (χ1v) is 31.0. The zero-order valence-corrected chi connectivity index (χ0v) is 52.4. The summed E-state index contributed by atoms with van der Waals surface area (Å²) in [5.74, 6) is -1.81. The molecule has 4 aliphatic heterocycles. The number of carbonyl (C=O) groups is 2. The van der Waals surface area contributed by atoms with E-state index in [4.69, 9.17) is 66.3 Å². The summed E-state index contributed by atoms with van der Waals surface area (Å²) in [7, 11) is 6.49. The van der Waals surface area contributed by atoms with Crippen molar-refractivity contribution in [1.82, 2.24) is 0 Å². The molecule has 4 N–H and O–H groups in total. The number of hydrogen-bond donors (Lipinski definition) is 4. The number of methoxy groups -OCH3 is 4. The van der Waals surface area contributed by atoms with Gasteiger partial charge in [0.05, 0.1) is 60.4 Å². The van der Waals surface area contributed by atoms with Gasteiger partial charge in [0.25, 0.3) is 0 Å². The summed E-state index contributed by atoms with van der Waals surface area (Å²) < 4.78 is 88.1. The number of carbonyl (C=O) groups excluding carboxylic acids is 2. The Morgan fingerprint density at radius 3 is 1.68 bits per heavy atom. The third-order valence-electron chi connectivity index (χ3n) is 21.3. The molecule has 0 spiro atoms. The lowest BCUT2D eigenvalue weighted by Gasteiger charge is -2.67. The predicted molar refractivity (Wildman–Crippen MR) is 309 cm³/mol. The Labute approximate surface area is 502 Å². The Balaban J connectivity index is 0.835. The number of hydrogen-bond acceptors (Lipinski definition) is 20. The van der Waals surface area contributed by atoms with E-state index in [0.29, 0.717) is 44.9 Å². The van der Waals surface area contributed by atoms with Crippen LogP contribution in [-0.4, -0.2) is 194 Å². The second kappa shape index (κ2) is 26.7. The van der Waals surface area contributed by atoms with Crippen LogP contribution in [0.5, 0.6) is 0 Å². The molecule has 4 heterocycles. The number of ether oxygens (including phenoxy) is 14. The minimum Gasteiger partial charge on any atom is -0.458 e. The summed E-state index contributed by atoms with van der Waals surface area (Å²) >= 11 is 0. The number of fused-ring (bicyclic) bond motifs is 5. The van der Waals surface area contributed by atoms with Crippen LogP contribution < -0.4 is 0 Å². The third-order valence-corrected chi connectivity index (χ3v) is 21.3. The Kier molecular flexibility index (Phi) is 20.8. The molecule has 20 nitrogen and oxygen atoms in total. The predicted octanol–water partition coefficient (Wildman–Crippen LogP) is 7.18. The van der Waals surface area contributed by atoms with Crippen LogP contribution in [-0.2, 0) is 75.9 Å². The van der Waals surface area contributed by atoms with Gasteiger partial charge in [-0.1, -0.05) is 75.2 Å². The average molecular weight is 1200 g/mol. The zero-order chi connectivity index (χ0) is 61.6. The molecule has 20 heteroatoms. The molecule has 25 atom stereocenters. The fraction of sp³-hybridized carbons (Fsp3) is 0.785. The van der Waals surface area contributed by atoms with Crippen LogP contribution in [0.4, 0.5) is 0 Å². The van der Waals surface area contributed by atoms with Crippen molar-refractivity contribution in [3.8, 4) is 0 Å². The largest absolute Gasteiger partial charge is 0.458 e. The number of benzene rings is 1. The fourth-order valence-electron chi connectivity index (χ4n) is 15.8. The maximum absolute atomic E-state index is 14.0. The van der Waals surface area contributed by atoms with Crippen molar-refractivity contribution in [3.05, 3.63) is 65.3 Å². The molecule has 0 amide bonds. The first kappa shape index (κ1) is 66.2. The summed E-state index contributed by atoms with van der Waals surface area (Å²) in [6.07, 6.45) is -0.993. The van der Waals surface area contributed by atoms with E-state index < -0.39 is 150 Å². The van der Waals surface area contributed by atoms with Crippen molar-refractivity contribution in [3.63, 3.8) is 0 Å². The highest BCUT2D eigenvalue weighted by molar-refractivity contribution is 5.87. The van der Waals surface area contributed by atoms with E-state index in [-0.39, 0.29) is 43.8 Å². The van der Waals surface area contributed by atoms with Crippen LogP contribution in [0.3, 0.4) is 0 Å². The monoisotopic (exact) mass is 1200 g/mol. The summed E-state index contributed by atoms with van der Waals surface area (Å²) in [4.78, 5) is 27.3. The van der Waals surface area contributed by atoms with Gasteiger partial charge < -0.3 is 86.7 Å². The smallest absolute Gasteiger partial charge is 0.331 e. The van der Waals surface area contributed by atoms with Crippen LogP contribution in [0.15, 0.2) is 59.7 Å². The van der Waals surface area contributed by atoms with Crippen LogP contribution in [0.1, 0.15) is 145 Å². The van der Waals surface area contributed by atoms with E-state index in [1.807, 2.05) is 78.0 Å². The van der Waals surface area contributed by atoms with Gasteiger partial charge in [0.15, 0.2) is 25.2 Å². The number of esters is 2. The van der Waals surface area contributed by atoms with E-state index in [1.165, 1.54) is 12.2 Å². The number of aliphatic hydroxyl groups excluding tert-OH is 1. The molecule has 9 rings (SSSR count). The summed E-state index contributed by atoms with van der Waals surface area (Å²) in [5.41, 5.74) is -5.35. The maximum atomic E-state index is 14.0. The second-order valence-corrected chi connectivity index (χ2v) is 26.3. The van der Waals surface area contributed by atoms with Gasteiger partial charge in [-0.25, -0.2) is 9.59 Å². The molecule has 478 valence electrons. The normalized spacial score (nSPS) is 45.3. The van der Waals surface area contributed by atoms with Gasteiger partial charge in [0, 0.05) is 72.2 Å². The SMILES string of the molecule is CO[C@H]1C[C@H](O[C@H]2[C@@H](OC)C[C@H](O[C@H]3CC[C@@]4(C)C(=CC[C@]5(O)[C@@H]4C[C@@H](OC(=O)C=Cc4ccccc4)[C@@]4(C)[C@@]5(O)CC[C@@]4(O)[C@@H](C)OC(=O)C=C(C)C(C)C)C3)O[C@@H]2C)O[C@@H](C)[C@H]1O[C@H]1C[C@H](OC)[C@H](O[C@H]2C[C@@H](OC)[C@@H](O)[C@H](C)O2)[C@@H](C)O1. The lowest BCUT2D eigenvalue weighted by atomic mass is 9.42. The highest BCUT2D eigenvalue weighted by Crippen LogP contribution is 2.71. The van der Waals surface area contributed by atoms with Gasteiger partial charge in [-0.2, -0.15) is 0 Å². The Morgan fingerprint density at radius 1 is 0.659 bits per heavy atom. The standard InChI is InChI=1S/C65H98O20/c1-35(2)36(3)28-52(67)80-41(8)63(69)26-27-65(71)62(63,10)50(82-51(66)21-20-42-18-16-15-17-19-42)34-49-61(9)24-23-44(29-43(61)22-25-64(49,65)70)81-53-31-46(73-12)58(38(5)77-53)84-55-33-48(75-14)60(40(7)79-55)85-56-32-47(74-13)59(39(6)78-56)83-54-30-45(72-11)57(68)37(4)76-54/h15-22,28,35,37-41,44-50,53-60,68-71H,23-27,29-34H2,1-14H3/t37-,38+,39+,40-,41+,44-,45+,46-,47-,48-,49+,50+,53-,54-,55-,56-,57-,58+,59+,60+,61-,62+,63+,64-,65-/m0/s1. The van der Waals surface area contributed by atoms with Crippen LogP contribution in [0.25, 0.3) is 6.08 Å². The fourth-order valence-corrected chi connectivity index (χ4v) is 15.8. The topological polar surface area (TPSA) is 244 Å². The highest BCUT2D eigenvalue weighted by atomic mass is 16.8. The van der Waals surface area contributed by atoms with E-state index in [2.05, 4.69) is 6.92 Å². The minimum absolute atomic E-state index is 0.0240. The molecule has 85 heavy (non-hydrogen) atoms. The zero-order valence-electron chi connectivity index (χ0n) is 52.4. The van der Waals surface area contributed by atoms with Crippen molar-refractivity contribution < 1.29 is 96.3 Å². The van der Waals surface area contributed by atoms with Crippen LogP contribution in [0, 0.1) is 22.7 Å². The molecule has 0 aromatic heterocycles. The molecule has 3 saturated carbocycles. The van der Waals surface area contributed by atoms with Gasteiger partial charge in [0.1, 0.15) is 53.4 Å².